The Morgan fingerprint density at radius 3 is 2.46 bits per heavy atom. The lowest BCUT2D eigenvalue weighted by Gasteiger charge is -2.52. The number of piperidine rings is 2. The first-order valence-corrected chi connectivity index (χ1v) is 9.42. The molecule has 2 aliphatic rings. The van der Waals surface area contributed by atoms with E-state index in [1.807, 2.05) is 24.3 Å². The van der Waals surface area contributed by atoms with E-state index in [0.717, 1.165) is 29.6 Å². The molecule has 0 amide bonds. The van der Waals surface area contributed by atoms with Crippen LogP contribution in [-0.2, 0) is 0 Å². The molecule has 0 aromatic heterocycles. The maximum Gasteiger partial charge on any atom is 0.0991 e. The van der Waals surface area contributed by atoms with Gasteiger partial charge in [0.2, 0.25) is 0 Å². The number of nitrogens with one attached hydrogen (secondary N) is 2. The lowest BCUT2D eigenvalue weighted by Crippen LogP contribution is -2.65. The first-order valence-electron chi connectivity index (χ1n) is 9.42. The van der Waals surface area contributed by atoms with Crippen LogP contribution in [0.15, 0.2) is 24.3 Å². The van der Waals surface area contributed by atoms with E-state index in [2.05, 4.69) is 30.6 Å². The summed E-state index contributed by atoms with van der Waals surface area (Å²) in [5.74, 6) is 1.73. The normalized spacial score (nSPS) is 29.2. The summed E-state index contributed by atoms with van der Waals surface area (Å²) in [6.45, 7) is 12.2. The Hall–Kier alpha value is -1.57. The van der Waals surface area contributed by atoms with E-state index in [4.69, 9.17) is 5.26 Å². The number of likely N-dealkylation sites (tertiary alicyclic amines) is 1. The summed E-state index contributed by atoms with van der Waals surface area (Å²) in [5.41, 5.74) is 1.84. The van der Waals surface area contributed by atoms with Crippen molar-refractivity contribution in [1.29, 1.82) is 5.26 Å². The molecule has 1 aromatic carbocycles. The number of anilines is 1. The van der Waals surface area contributed by atoms with Gasteiger partial charge in [0.25, 0.3) is 0 Å². The van der Waals surface area contributed by atoms with Gasteiger partial charge in [-0.25, -0.2) is 0 Å². The van der Waals surface area contributed by atoms with Gasteiger partial charge in [0, 0.05) is 43.6 Å². The summed E-state index contributed by atoms with van der Waals surface area (Å²) < 4.78 is 1.30. The van der Waals surface area contributed by atoms with Crippen molar-refractivity contribution >= 4 is 5.69 Å². The van der Waals surface area contributed by atoms with Crippen LogP contribution in [0.1, 0.15) is 32.3 Å². The van der Waals surface area contributed by atoms with Crippen LogP contribution in [0.2, 0.25) is 0 Å². The van der Waals surface area contributed by atoms with E-state index in [1.54, 1.807) is 0 Å². The van der Waals surface area contributed by atoms with Crippen molar-refractivity contribution in [3.8, 4) is 6.07 Å². The Labute approximate surface area is 146 Å². The van der Waals surface area contributed by atoms with Crippen LogP contribution in [0, 0.1) is 23.2 Å². The molecule has 3 rings (SSSR count). The zero-order valence-electron chi connectivity index (χ0n) is 15.1. The minimum Gasteiger partial charge on any atom is -0.385 e. The Morgan fingerprint density at radius 1 is 1.21 bits per heavy atom. The van der Waals surface area contributed by atoms with Gasteiger partial charge in [0.05, 0.1) is 37.3 Å². The van der Waals surface area contributed by atoms with Crippen LogP contribution in [0.3, 0.4) is 0 Å². The highest BCUT2D eigenvalue weighted by Gasteiger charge is 2.43. The minimum atomic E-state index is 0.711. The van der Waals surface area contributed by atoms with Gasteiger partial charge in [-0.2, -0.15) is 5.26 Å². The first-order chi connectivity index (χ1) is 11.6. The molecule has 2 fully saturated rings. The maximum atomic E-state index is 8.86. The molecule has 2 unspecified atom stereocenters. The van der Waals surface area contributed by atoms with Gasteiger partial charge in [-0.1, -0.05) is 0 Å². The Balaban J connectivity index is 1.52. The number of nitrogens with zero attached hydrogens (tertiary/aromatic N) is 2. The van der Waals surface area contributed by atoms with Crippen molar-refractivity contribution in [1.82, 2.24) is 5.32 Å². The van der Waals surface area contributed by atoms with Crippen molar-refractivity contribution in [2.45, 2.75) is 32.7 Å². The summed E-state index contributed by atoms with van der Waals surface area (Å²) in [5, 5.41) is 16.0. The molecule has 2 N–H and O–H groups in total. The van der Waals surface area contributed by atoms with Crippen molar-refractivity contribution in [2.24, 2.45) is 11.8 Å². The molecule has 0 spiro atoms. The van der Waals surface area contributed by atoms with Gasteiger partial charge in [-0.15, -0.1) is 0 Å². The Morgan fingerprint density at radius 2 is 1.88 bits per heavy atom. The van der Waals surface area contributed by atoms with E-state index in [-0.39, 0.29) is 0 Å². The summed E-state index contributed by atoms with van der Waals surface area (Å²) in [7, 11) is 0. The highest BCUT2D eigenvalue weighted by Crippen LogP contribution is 2.32. The predicted octanol–water partition coefficient (Wildman–Crippen LogP) is 2.82. The second-order valence-electron chi connectivity index (χ2n) is 8.00. The van der Waals surface area contributed by atoms with Gasteiger partial charge >= 0.3 is 0 Å². The lowest BCUT2D eigenvalue weighted by atomic mass is 9.83. The second kappa shape index (κ2) is 7.55. The number of quaternary nitrogens is 1. The molecule has 4 nitrogen and oxygen atoms in total. The van der Waals surface area contributed by atoms with E-state index < -0.39 is 0 Å². The summed E-state index contributed by atoms with van der Waals surface area (Å²) in [6.07, 6.45) is 2.63. The van der Waals surface area contributed by atoms with Crippen LogP contribution in [0.5, 0.6) is 0 Å². The highest BCUT2D eigenvalue weighted by atomic mass is 15.4. The largest absolute Gasteiger partial charge is 0.385 e. The van der Waals surface area contributed by atoms with Crippen LogP contribution in [-0.4, -0.2) is 49.8 Å². The lowest BCUT2D eigenvalue weighted by molar-refractivity contribution is -0.958. The van der Waals surface area contributed by atoms with Crippen LogP contribution in [0.4, 0.5) is 5.69 Å². The average Bonchev–Trinajstić information content (AvgIpc) is 2.59. The van der Waals surface area contributed by atoms with Crippen molar-refractivity contribution in [3.05, 3.63) is 29.8 Å². The van der Waals surface area contributed by atoms with Gasteiger partial charge in [0.1, 0.15) is 0 Å². The third-order valence-electron chi connectivity index (χ3n) is 6.00. The Kier molecular flexibility index (Phi) is 5.43. The smallest absolute Gasteiger partial charge is 0.0991 e. The topological polar surface area (TPSA) is 47.9 Å². The molecule has 4 heteroatoms. The van der Waals surface area contributed by atoms with Crippen molar-refractivity contribution in [3.63, 3.8) is 0 Å². The van der Waals surface area contributed by atoms with E-state index in [1.165, 1.54) is 50.0 Å². The van der Waals surface area contributed by atoms with Crippen LogP contribution in [0.25, 0.3) is 0 Å². The van der Waals surface area contributed by atoms with Gasteiger partial charge in [-0.3, -0.25) is 0 Å². The zero-order chi connectivity index (χ0) is 17.0. The van der Waals surface area contributed by atoms with Crippen molar-refractivity contribution < 1.29 is 4.48 Å². The summed E-state index contributed by atoms with van der Waals surface area (Å²) >= 11 is 0. The fraction of sp³-hybridized carbons (Fsp3) is 0.650. The molecule has 2 atom stereocenters. The quantitative estimate of drug-likeness (QED) is 0.624. The van der Waals surface area contributed by atoms with Gasteiger partial charge in [-0.05, 0) is 44.5 Å². The van der Waals surface area contributed by atoms with Crippen LogP contribution < -0.4 is 10.6 Å². The van der Waals surface area contributed by atoms with Gasteiger partial charge < -0.3 is 15.1 Å². The third-order valence-corrected chi connectivity index (χ3v) is 6.00. The monoisotopic (exact) mass is 327 g/mol. The fourth-order valence-corrected chi connectivity index (χ4v) is 4.66. The predicted molar refractivity (Wildman–Crippen MR) is 98.7 cm³/mol. The number of nitriles is 1. The molecule has 2 bridgehead atoms. The molecule has 2 aliphatic heterocycles. The van der Waals surface area contributed by atoms with Crippen LogP contribution >= 0.6 is 0 Å². The highest BCUT2D eigenvalue weighted by molar-refractivity contribution is 5.46. The molecule has 0 radical (unpaired) electrons. The summed E-state index contributed by atoms with van der Waals surface area (Å²) in [4.78, 5) is 0. The number of hydrogen-bond acceptors (Lipinski definition) is 3. The molecule has 1 aromatic rings. The number of benzene rings is 1. The van der Waals surface area contributed by atoms with Crippen molar-refractivity contribution in [2.75, 3.05) is 44.6 Å². The maximum absolute atomic E-state index is 8.86. The van der Waals surface area contributed by atoms with E-state index in [0.29, 0.717) is 6.04 Å². The van der Waals surface area contributed by atoms with Gasteiger partial charge in [0.15, 0.2) is 0 Å². The first kappa shape index (κ1) is 17.3. The SMILES string of the molecule is CC(C)[N+]1(CCCNc2ccc(C#N)cc2)CC2CNCC(C2)C1. The number of fused-ring (bicyclic) bond motifs is 2. The minimum absolute atomic E-state index is 0.711. The van der Waals surface area contributed by atoms with E-state index >= 15 is 0 Å². The molecule has 0 aliphatic carbocycles. The molecule has 2 saturated heterocycles. The second-order valence-corrected chi connectivity index (χ2v) is 8.00. The summed E-state index contributed by atoms with van der Waals surface area (Å²) in [6, 6.07) is 10.6. The standard InChI is InChI=1S/C20H31N4/c1-16(2)24(14-18-10-19(15-24)13-22-12-18)9-3-8-23-20-6-4-17(11-21)5-7-20/h4-7,16,18-19,22-23H,3,8-10,12-15H2,1-2H3/q+1. The molecule has 2 heterocycles. The molecule has 0 saturated carbocycles. The average molecular weight is 327 g/mol. The third kappa shape index (κ3) is 3.91. The Bertz CT molecular complexity index is 560. The molecular formula is C20H31N4+. The molecule has 24 heavy (non-hydrogen) atoms. The number of hydrogen-bond donors (Lipinski definition) is 2. The molecule has 130 valence electrons. The number of rotatable bonds is 6. The van der Waals surface area contributed by atoms with E-state index in [9.17, 15) is 0 Å². The zero-order valence-corrected chi connectivity index (χ0v) is 15.1. The molecular weight excluding hydrogens is 296 g/mol. The fourth-order valence-electron chi connectivity index (χ4n) is 4.66.